The van der Waals surface area contributed by atoms with Crippen LogP contribution in [0.1, 0.15) is 123 Å². The molecular formula is C50H74O4. The van der Waals surface area contributed by atoms with Gasteiger partial charge in [0.2, 0.25) is 0 Å². The first-order valence-electron chi connectivity index (χ1n) is 19.6. The molecule has 0 saturated carbocycles. The van der Waals surface area contributed by atoms with E-state index in [0.717, 1.165) is 36.8 Å². The zero-order chi connectivity index (χ0) is 41.0. The van der Waals surface area contributed by atoms with Gasteiger partial charge in [-0.15, -0.1) is 0 Å². The average Bonchev–Trinajstić information content (AvgIpc) is 3.40. The molecule has 2 N–H and O–H groups in total. The van der Waals surface area contributed by atoms with Crippen LogP contribution in [0.3, 0.4) is 0 Å². The molecule has 3 atom stereocenters. The van der Waals surface area contributed by atoms with Crippen LogP contribution < -0.4 is 0 Å². The second kappa shape index (κ2) is 24.1. The first-order valence-corrected chi connectivity index (χ1v) is 19.6. The summed E-state index contributed by atoms with van der Waals surface area (Å²) in [5, 5.41) is 21.3. The molecule has 298 valence electrons. The molecule has 0 aromatic heterocycles. The first kappa shape index (κ1) is 48.5. The van der Waals surface area contributed by atoms with E-state index in [0.29, 0.717) is 0 Å². The van der Waals surface area contributed by atoms with E-state index in [1.807, 2.05) is 59.8 Å². The van der Waals surface area contributed by atoms with Crippen molar-refractivity contribution in [2.24, 2.45) is 11.8 Å². The number of hydrogen-bond donors (Lipinski definition) is 2. The molecule has 1 heterocycles. The van der Waals surface area contributed by atoms with E-state index in [-0.39, 0.29) is 23.5 Å². The minimum atomic E-state index is -0.924. The van der Waals surface area contributed by atoms with E-state index in [9.17, 15) is 10.2 Å². The topological polar surface area (TPSA) is 58.9 Å². The van der Waals surface area contributed by atoms with E-state index in [4.69, 9.17) is 9.78 Å². The van der Waals surface area contributed by atoms with Crippen LogP contribution in [0.25, 0.3) is 0 Å². The Hall–Kier alpha value is -3.54. The van der Waals surface area contributed by atoms with Gasteiger partial charge in [0.15, 0.2) is 0 Å². The Morgan fingerprint density at radius 2 is 1.06 bits per heavy atom. The van der Waals surface area contributed by atoms with Crippen LogP contribution in [0.5, 0.6) is 0 Å². The van der Waals surface area contributed by atoms with Gasteiger partial charge in [0, 0.05) is 12.3 Å². The highest BCUT2D eigenvalue weighted by atomic mass is 17.2. The minimum absolute atomic E-state index is 0.181. The summed E-state index contributed by atoms with van der Waals surface area (Å²) in [4.78, 5) is 11.0. The van der Waals surface area contributed by atoms with Gasteiger partial charge in [0.25, 0.3) is 0 Å². The molecule has 1 unspecified atom stereocenters. The van der Waals surface area contributed by atoms with Crippen LogP contribution in [0, 0.1) is 11.8 Å². The monoisotopic (exact) mass is 739 g/mol. The van der Waals surface area contributed by atoms with Crippen LogP contribution in [0.15, 0.2) is 154 Å². The van der Waals surface area contributed by atoms with Crippen LogP contribution in [-0.4, -0.2) is 33.1 Å². The molecule has 1 rings (SSSR count). The van der Waals surface area contributed by atoms with Crippen molar-refractivity contribution >= 4 is 0 Å². The van der Waals surface area contributed by atoms with Gasteiger partial charge in [0.05, 0.1) is 11.2 Å². The molecule has 1 saturated heterocycles. The smallest absolute Gasteiger partial charge is 0.105 e. The van der Waals surface area contributed by atoms with Gasteiger partial charge in [-0.2, -0.15) is 0 Å². The predicted octanol–water partition coefficient (Wildman–Crippen LogP) is 13.4. The van der Waals surface area contributed by atoms with Crippen molar-refractivity contribution in [1.29, 1.82) is 0 Å². The highest BCUT2D eigenvalue weighted by molar-refractivity contribution is 5.33. The zero-order valence-corrected chi connectivity index (χ0v) is 36.2. The SMILES string of the molecule is CC(C)=CC[C@H](CC/C(C)=C/C=C/C(C)=C/C=C/C(C)=C/C=C/C=C(C)/C=C/C=C(C)/C=C/C=C(C)/C=C/[C@@H](C1CC(C)(C)OO1)C(C)(C)O)C(C)(C)O. The Morgan fingerprint density at radius 1 is 0.630 bits per heavy atom. The minimum Gasteiger partial charge on any atom is -0.390 e. The van der Waals surface area contributed by atoms with Gasteiger partial charge in [-0.05, 0) is 122 Å². The van der Waals surface area contributed by atoms with Crippen molar-refractivity contribution in [3.05, 3.63) is 154 Å². The molecule has 54 heavy (non-hydrogen) atoms. The summed E-state index contributed by atoms with van der Waals surface area (Å²) in [6, 6.07) is 0. The lowest BCUT2D eigenvalue weighted by Crippen LogP contribution is -2.38. The van der Waals surface area contributed by atoms with Crippen LogP contribution in [-0.2, 0) is 9.78 Å². The van der Waals surface area contributed by atoms with E-state index >= 15 is 0 Å². The Balaban J connectivity index is 2.63. The van der Waals surface area contributed by atoms with Gasteiger partial charge < -0.3 is 10.2 Å². The third-order valence-corrected chi connectivity index (χ3v) is 9.29. The Labute approximate surface area is 330 Å². The normalized spacial score (nSPS) is 20.3. The summed E-state index contributed by atoms with van der Waals surface area (Å²) in [6.07, 6.45) is 43.3. The molecule has 0 aromatic carbocycles. The second-order valence-electron chi connectivity index (χ2n) is 17.0. The fraction of sp³-hybridized carbons (Fsp3) is 0.480. The van der Waals surface area contributed by atoms with Crippen molar-refractivity contribution in [2.45, 2.75) is 146 Å². The quantitative estimate of drug-likeness (QED) is 0.0742. The lowest BCUT2D eigenvalue weighted by atomic mass is 9.82. The third kappa shape index (κ3) is 22.6. The average molecular weight is 739 g/mol. The number of rotatable bonds is 20. The Morgan fingerprint density at radius 3 is 1.44 bits per heavy atom. The van der Waals surface area contributed by atoms with Gasteiger partial charge in [0.1, 0.15) is 11.7 Å². The standard InChI is InChI=1S/C50H74O4/c1-38(2)31-34-45(49(11,12)51)35-32-43(7)29-19-27-41(5)25-17-23-39(3)21-15-16-22-40(4)24-18-26-42(6)28-20-30-44(8)33-36-46(50(13,14)52)47-37-48(9,10)54-53-47/h15-31,33,36,45-47,51-52H,32,34-35,37H2,1-14H3/b16-15+,23-17+,24-18+,27-19+,28-20+,36-33+,39-21+,40-22+,41-25+,42-26+,43-29+,44-30+/t45-,46+,47?/m1/s1. The predicted molar refractivity (Wildman–Crippen MR) is 235 cm³/mol. The molecule has 0 aromatic rings. The van der Waals surface area contributed by atoms with Crippen LogP contribution in [0.4, 0.5) is 0 Å². The summed E-state index contributed by atoms with van der Waals surface area (Å²) in [5.41, 5.74) is 6.44. The third-order valence-electron chi connectivity index (χ3n) is 9.29. The molecule has 0 radical (unpaired) electrons. The summed E-state index contributed by atoms with van der Waals surface area (Å²) in [6.45, 7) is 28.3. The molecule has 0 bridgehead atoms. The maximum Gasteiger partial charge on any atom is 0.105 e. The molecular weight excluding hydrogens is 665 g/mol. The molecule has 0 spiro atoms. The Kier molecular flexibility index (Phi) is 21.6. The van der Waals surface area contributed by atoms with E-state index in [1.54, 1.807) is 0 Å². The van der Waals surface area contributed by atoms with Crippen LogP contribution in [0.2, 0.25) is 0 Å². The summed E-state index contributed by atoms with van der Waals surface area (Å²) in [5.74, 6) is 0.0661. The molecule has 1 fully saturated rings. The summed E-state index contributed by atoms with van der Waals surface area (Å²) >= 11 is 0. The fourth-order valence-corrected chi connectivity index (χ4v) is 5.74. The van der Waals surface area contributed by atoms with Crippen molar-refractivity contribution < 1.29 is 20.0 Å². The van der Waals surface area contributed by atoms with Gasteiger partial charge in [-0.1, -0.05) is 154 Å². The second-order valence-corrected chi connectivity index (χ2v) is 17.0. The summed E-state index contributed by atoms with van der Waals surface area (Å²) in [7, 11) is 0. The highest BCUT2D eigenvalue weighted by Gasteiger charge is 2.42. The van der Waals surface area contributed by atoms with E-state index in [1.165, 1.54) is 27.9 Å². The highest BCUT2D eigenvalue weighted by Crippen LogP contribution is 2.36. The number of aliphatic hydroxyl groups is 2. The summed E-state index contributed by atoms with van der Waals surface area (Å²) < 4.78 is 0. The molecule has 4 heteroatoms. The van der Waals surface area contributed by atoms with Gasteiger partial charge in [-0.3, -0.25) is 0 Å². The molecule has 1 aliphatic heterocycles. The van der Waals surface area contributed by atoms with Crippen molar-refractivity contribution in [3.8, 4) is 0 Å². The molecule has 1 aliphatic rings. The maximum absolute atomic E-state index is 10.7. The van der Waals surface area contributed by atoms with Crippen molar-refractivity contribution in [1.82, 2.24) is 0 Å². The van der Waals surface area contributed by atoms with E-state index < -0.39 is 11.2 Å². The van der Waals surface area contributed by atoms with E-state index in [2.05, 4.69) is 153 Å². The van der Waals surface area contributed by atoms with Crippen molar-refractivity contribution in [3.63, 3.8) is 0 Å². The lowest BCUT2D eigenvalue weighted by Gasteiger charge is -2.30. The zero-order valence-electron chi connectivity index (χ0n) is 36.2. The van der Waals surface area contributed by atoms with Crippen molar-refractivity contribution in [2.75, 3.05) is 0 Å². The largest absolute Gasteiger partial charge is 0.390 e. The lowest BCUT2D eigenvalue weighted by molar-refractivity contribution is -0.327. The number of hydrogen-bond acceptors (Lipinski definition) is 4. The van der Waals surface area contributed by atoms with Crippen LogP contribution >= 0.6 is 0 Å². The Bertz CT molecular complexity index is 1570. The maximum atomic E-state index is 10.7. The number of allylic oxidation sites excluding steroid dienone is 25. The fourth-order valence-electron chi connectivity index (χ4n) is 5.74. The first-order chi connectivity index (χ1) is 25.1. The molecule has 0 aliphatic carbocycles. The van der Waals surface area contributed by atoms with Gasteiger partial charge in [-0.25, -0.2) is 9.78 Å². The molecule has 4 nitrogen and oxygen atoms in total. The molecule has 0 amide bonds. The van der Waals surface area contributed by atoms with Gasteiger partial charge >= 0.3 is 0 Å².